The van der Waals surface area contributed by atoms with Crippen LogP contribution in [0.15, 0.2) is 24.3 Å². The molecule has 4 nitrogen and oxygen atoms in total. The van der Waals surface area contributed by atoms with Crippen LogP contribution < -0.4 is 4.90 Å². The van der Waals surface area contributed by atoms with Crippen molar-refractivity contribution in [3.63, 3.8) is 0 Å². The Morgan fingerprint density at radius 1 is 1.30 bits per heavy atom. The normalized spacial score (nSPS) is 21.9. The maximum absolute atomic E-state index is 12.7. The van der Waals surface area contributed by atoms with Gasteiger partial charge in [0.15, 0.2) is 0 Å². The molecule has 0 spiro atoms. The summed E-state index contributed by atoms with van der Waals surface area (Å²) < 4.78 is 5.35. The minimum atomic E-state index is -0.659. The predicted octanol–water partition coefficient (Wildman–Crippen LogP) is 3.64. The van der Waals surface area contributed by atoms with Gasteiger partial charge in [-0.3, -0.25) is 4.79 Å². The number of imide groups is 1. The average molecular weight is 275 g/mol. The van der Waals surface area contributed by atoms with Gasteiger partial charge in [0.25, 0.3) is 0 Å². The number of anilines is 1. The Bertz CT molecular complexity index is 559. The lowest BCUT2D eigenvalue weighted by Crippen LogP contribution is -2.43. The predicted molar refractivity (Wildman–Crippen MR) is 77.8 cm³/mol. The molecule has 1 unspecified atom stereocenters. The van der Waals surface area contributed by atoms with Gasteiger partial charge in [0.05, 0.1) is 11.1 Å². The Balaban J connectivity index is 2.46. The molecule has 108 valence electrons. The van der Waals surface area contributed by atoms with Gasteiger partial charge in [-0.1, -0.05) is 25.1 Å². The van der Waals surface area contributed by atoms with E-state index in [1.54, 1.807) is 26.8 Å². The third-order valence-corrected chi connectivity index (χ3v) is 3.70. The Kier molecular flexibility index (Phi) is 3.36. The van der Waals surface area contributed by atoms with Crippen molar-refractivity contribution in [1.29, 1.82) is 0 Å². The summed E-state index contributed by atoms with van der Waals surface area (Å²) in [4.78, 5) is 26.2. The lowest BCUT2D eigenvalue weighted by molar-refractivity contribution is -0.122. The number of hydrogen-bond donors (Lipinski definition) is 0. The van der Waals surface area contributed by atoms with Crippen molar-refractivity contribution in [2.24, 2.45) is 0 Å². The fraction of sp³-hybridized carbons (Fsp3) is 0.500. The third-order valence-electron chi connectivity index (χ3n) is 3.70. The summed E-state index contributed by atoms with van der Waals surface area (Å²) in [7, 11) is 0. The number of ether oxygens (including phenoxy) is 1. The van der Waals surface area contributed by atoms with Gasteiger partial charge in [0.2, 0.25) is 5.91 Å². The molecule has 1 heterocycles. The Morgan fingerprint density at radius 2 is 1.90 bits per heavy atom. The zero-order valence-corrected chi connectivity index (χ0v) is 12.7. The van der Waals surface area contributed by atoms with E-state index in [1.807, 2.05) is 32.0 Å². The van der Waals surface area contributed by atoms with Crippen LogP contribution in [0.2, 0.25) is 0 Å². The standard InChI is InChI=1S/C16H21NO3/c1-6-16(5)11-9-7-8-10-12(11)17(13(16)18)14(19)20-15(2,3)4/h7-10H,6H2,1-5H3. The minimum absolute atomic E-state index is 0.213. The number of benzene rings is 1. The molecule has 0 saturated carbocycles. The van der Waals surface area contributed by atoms with Gasteiger partial charge in [-0.05, 0) is 45.7 Å². The highest BCUT2D eigenvalue weighted by Gasteiger charge is 2.49. The molecule has 2 rings (SSSR count). The van der Waals surface area contributed by atoms with Crippen molar-refractivity contribution in [3.8, 4) is 0 Å². The van der Waals surface area contributed by atoms with Crippen molar-refractivity contribution >= 4 is 17.7 Å². The Hall–Kier alpha value is -1.84. The van der Waals surface area contributed by atoms with Crippen LogP contribution in [0.4, 0.5) is 10.5 Å². The quantitative estimate of drug-likeness (QED) is 0.786. The second kappa shape index (κ2) is 4.62. The number of rotatable bonds is 1. The van der Waals surface area contributed by atoms with Crippen LogP contribution in [0.25, 0.3) is 0 Å². The first-order valence-electron chi connectivity index (χ1n) is 6.88. The number of carbonyl (C=O) groups is 2. The van der Waals surface area contributed by atoms with Crippen LogP contribution >= 0.6 is 0 Å². The zero-order chi connectivity index (χ0) is 15.1. The Labute approximate surface area is 119 Å². The maximum atomic E-state index is 12.7. The summed E-state index contributed by atoms with van der Waals surface area (Å²) in [6, 6.07) is 7.41. The summed E-state index contributed by atoms with van der Waals surface area (Å²) in [6.45, 7) is 9.19. The third kappa shape index (κ3) is 2.19. The summed E-state index contributed by atoms with van der Waals surface area (Å²) in [5, 5.41) is 0. The van der Waals surface area contributed by atoms with E-state index in [9.17, 15) is 9.59 Å². The molecule has 0 bridgehead atoms. The van der Waals surface area contributed by atoms with Crippen LogP contribution in [-0.2, 0) is 14.9 Å². The van der Waals surface area contributed by atoms with Crippen LogP contribution in [0.1, 0.15) is 46.6 Å². The summed E-state index contributed by atoms with van der Waals surface area (Å²) in [5.41, 5.74) is 0.236. The molecule has 0 saturated heterocycles. The van der Waals surface area contributed by atoms with Crippen LogP contribution in [0.5, 0.6) is 0 Å². The average Bonchev–Trinajstić information content (AvgIpc) is 2.58. The van der Waals surface area contributed by atoms with Crippen LogP contribution in [0.3, 0.4) is 0 Å². The second-order valence-electron chi connectivity index (χ2n) is 6.32. The molecule has 0 radical (unpaired) electrons. The van der Waals surface area contributed by atoms with E-state index in [1.165, 1.54) is 4.90 Å². The van der Waals surface area contributed by atoms with Crippen molar-refractivity contribution in [1.82, 2.24) is 0 Å². The molecule has 2 amide bonds. The summed E-state index contributed by atoms with van der Waals surface area (Å²) >= 11 is 0. The van der Waals surface area contributed by atoms with Gasteiger partial charge in [0, 0.05) is 0 Å². The monoisotopic (exact) mass is 275 g/mol. The first-order chi connectivity index (χ1) is 9.20. The number of nitrogens with zero attached hydrogens (tertiary/aromatic N) is 1. The van der Waals surface area contributed by atoms with Crippen molar-refractivity contribution < 1.29 is 14.3 Å². The van der Waals surface area contributed by atoms with E-state index in [-0.39, 0.29) is 5.91 Å². The largest absolute Gasteiger partial charge is 0.443 e. The summed E-state index contributed by atoms with van der Waals surface area (Å²) in [5.74, 6) is -0.213. The van der Waals surface area contributed by atoms with Crippen LogP contribution in [-0.4, -0.2) is 17.6 Å². The second-order valence-corrected chi connectivity index (χ2v) is 6.32. The number of amides is 2. The molecule has 0 aromatic heterocycles. The van der Waals surface area contributed by atoms with E-state index in [2.05, 4.69) is 0 Å². The Morgan fingerprint density at radius 3 is 2.45 bits per heavy atom. The molecule has 1 aromatic carbocycles. The molecule has 1 aliphatic rings. The topological polar surface area (TPSA) is 46.6 Å². The molecule has 20 heavy (non-hydrogen) atoms. The molecule has 0 fully saturated rings. The van der Waals surface area contributed by atoms with Gasteiger partial charge in [-0.2, -0.15) is 0 Å². The highest BCUT2D eigenvalue weighted by atomic mass is 16.6. The van der Waals surface area contributed by atoms with Gasteiger partial charge in [-0.15, -0.1) is 0 Å². The van der Waals surface area contributed by atoms with E-state index < -0.39 is 17.1 Å². The highest BCUT2D eigenvalue weighted by Crippen LogP contribution is 2.44. The SMILES string of the molecule is CCC1(C)C(=O)N(C(=O)OC(C)(C)C)c2ccccc21. The molecule has 1 aromatic rings. The van der Waals surface area contributed by atoms with E-state index in [0.717, 1.165) is 5.56 Å². The number of hydrogen-bond acceptors (Lipinski definition) is 3. The zero-order valence-electron chi connectivity index (χ0n) is 12.7. The maximum Gasteiger partial charge on any atom is 0.421 e. The molecule has 1 atom stereocenters. The molecular formula is C16H21NO3. The minimum Gasteiger partial charge on any atom is -0.443 e. The first-order valence-corrected chi connectivity index (χ1v) is 6.88. The van der Waals surface area contributed by atoms with Gasteiger partial charge in [0.1, 0.15) is 5.60 Å². The number of para-hydroxylation sites is 1. The number of fused-ring (bicyclic) bond motifs is 1. The van der Waals surface area contributed by atoms with E-state index in [0.29, 0.717) is 12.1 Å². The molecular weight excluding hydrogens is 254 g/mol. The van der Waals surface area contributed by atoms with E-state index >= 15 is 0 Å². The van der Waals surface area contributed by atoms with Crippen LogP contribution in [0, 0.1) is 0 Å². The smallest absolute Gasteiger partial charge is 0.421 e. The lowest BCUT2D eigenvalue weighted by atomic mass is 9.81. The van der Waals surface area contributed by atoms with Gasteiger partial charge < -0.3 is 4.74 Å². The number of carbonyl (C=O) groups excluding carboxylic acids is 2. The molecule has 0 aliphatic carbocycles. The molecule has 4 heteroatoms. The molecule has 1 aliphatic heterocycles. The van der Waals surface area contributed by atoms with Gasteiger partial charge in [-0.25, -0.2) is 9.69 Å². The lowest BCUT2D eigenvalue weighted by Gasteiger charge is -2.25. The van der Waals surface area contributed by atoms with Crippen molar-refractivity contribution in [2.75, 3.05) is 4.90 Å². The fourth-order valence-corrected chi connectivity index (χ4v) is 2.44. The molecule has 0 N–H and O–H groups in total. The van der Waals surface area contributed by atoms with Crippen molar-refractivity contribution in [2.45, 2.75) is 52.1 Å². The first kappa shape index (κ1) is 14.6. The van der Waals surface area contributed by atoms with Gasteiger partial charge >= 0.3 is 6.09 Å². The fourth-order valence-electron chi connectivity index (χ4n) is 2.44. The highest BCUT2D eigenvalue weighted by molar-refractivity contribution is 6.20. The van der Waals surface area contributed by atoms with Crippen molar-refractivity contribution in [3.05, 3.63) is 29.8 Å². The summed E-state index contributed by atoms with van der Waals surface area (Å²) in [6.07, 6.45) is 0.0365. The van der Waals surface area contributed by atoms with E-state index in [4.69, 9.17) is 4.74 Å².